The van der Waals surface area contributed by atoms with Crippen LogP contribution < -0.4 is 14.4 Å². The number of benzene rings is 2. The lowest BCUT2D eigenvalue weighted by atomic mass is 10.1. The molecule has 0 saturated heterocycles. The molecule has 7 heteroatoms. The highest BCUT2D eigenvalue weighted by Crippen LogP contribution is 2.37. The van der Waals surface area contributed by atoms with E-state index in [2.05, 4.69) is 14.9 Å². The fourth-order valence-electron chi connectivity index (χ4n) is 3.37. The van der Waals surface area contributed by atoms with E-state index in [9.17, 15) is 5.11 Å². The Hall–Kier alpha value is -3.16. The first-order chi connectivity index (χ1) is 14.6. The van der Waals surface area contributed by atoms with Gasteiger partial charge in [-0.2, -0.15) is 0 Å². The van der Waals surface area contributed by atoms with E-state index in [1.165, 1.54) is 0 Å². The van der Waals surface area contributed by atoms with Crippen LogP contribution in [0.2, 0.25) is 0 Å². The van der Waals surface area contributed by atoms with Crippen LogP contribution >= 0.6 is 0 Å². The summed E-state index contributed by atoms with van der Waals surface area (Å²) in [5.74, 6) is 1.99. The first-order valence-corrected chi connectivity index (χ1v) is 9.99. The van der Waals surface area contributed by atoms with Crippen molar-refractivity contribution >= 4 is 5.69 Å². The number of aliphatic hydroxyl groups is 1. The Kier molecular flexibility index (Phi) is 6.11. The summed E-state index contributed by atoms with van der Waals surface area (Å²) in [5, 5.41) is 10.3. The molecule has 156 valence electrons. The molecule has 7 nitrogen and oxygen atoms in total. The topological polar surface area (TPSA) is 71.0 Å². The lowest BCUT2D eigenvalue weighted by molar-refractivity contribution is -0.00376. The zero-order valence-electron chi connectivity index (χ0n) is 17.2. The van der Waals surface area contributed by atoms with Crippen LogP contribution in [-0.4, -0.2) is 53.6 Å². The molecule has 1 N–H and O–H groups in total. The number of aromatic nitrogens is 2. The Bertz CT molecular complexity index is 978. The molecule has 0 bridgehead atoms. The van der Waals surface area contributed by atoms with Gasteiger partial charge in [0.05, 0.1) is 24.7 Å². The summed E-state index contributed by atoms with van der Waals surface area (Å²) in [6.07, 6.45) is 3.37. The van der Waals surface area contributed by atoms with E-state index >= 15 is 0 Å². The van der Waals surface area contributed by atoms with E-state index in [-0.39, 0.29) is 0 Å². The maximum Gasteiger partial charge on any atom is 0.282 e. The van der Waals surface area contributed by atoms with E-state index in [1.54, 1.807) is 12.4 Å². The molecule has 0 saturated carbocycles. The molecular weight excluding hydrogens is 380 g/mol. The molecule has 2 aromatic carbocycles. The number of hydrogen-bond acceptors (Lipinski definition) is 7. The number of hydrogen-bond donors (Lipinski definition) is 1. The second kappa shape index (κ2) is 9.11. The number of ether oxygens (including phenoxy) is 2. The van der Waals surface area contributed by atoms with Gasteiger partial charge in [0, 0.05) is 18.7 Å². The molecule has 2 heterocycles. The van der Waals surface area contributed by atoms with Gasteiger partial charge < -0.3 is 24.4 Å². The van der Waals surface area contributed by atoms with Crippen LogP contribution in [-0.2, 0) is 6.54 Å². The molecule has 0 fully saturated rings. The molecule has 1 aliphatic rings. The average molecular weight is 406 g/mol. The number of para-hydroxylation sites is 2. The van der Waals surface area contributed by atoms with Gasteiger partial charge >= 0.3 is 0 Å². The van der Waals surface area contributed by atoms with Gasteiger partial charge in [0.1, 0.15) is 5.75 Å². The second-order valence-corrected chi connectivity index (χ2v) is 7.49. The number of nitrogens with zero attached hydrogens (tertiary/aromatic N) is 4. The summed E-state index contributed by atoms with van der Waals surface area (Å²) < 4.78 is 11.2. The lowest BCUT2D eigenvalue weighted by Gasteiger charge is -2.21. The smallest absolute Gasteiger partial charge is 0.282 e. The monoisotopic (exact) mass is 406 g/mol. The summed E-state index contributed by atoms with van der Waals surface area (Å²) in [6, 6.07) is 15.6. The third kappa shape index (κ3) is 4.69. The first kappa shape index (κ1) is 20.1. The minimum atomic E-state index is -0.994. The third-order valence-electron chi connectivity index (χ3n) is 4.86. The van der Waals surface area contributed by atoms with Crippen molar-refractivity contribution in [1.82, 2.24) is 14.9 Å². The molecule has 4 rings (SSSR count). The summed E-state index contributed by atoms with van der Waals surface area (Å²) in [5.41, 5.74) is 2.82. The summed E-state index contributed by atoms with van der Waals surface area (Å²) in [7, 11) is 4.09. The molecule has 0 aliphatic carbocycles. The van der Waals surface area contributed by atoms with E-state index in [4.69, 9.17) is 9.47 Å². The van der Waals surface area contributed by atoms with Crippen molar-refractivity contribution in [3.05, 3.63) is 66.5 Å². The van der Waals surface area contributed by atoms with Gasteiger partial charge in [-0.05, 0) is 44.3 Å². The predicted molar refractivity (Wildman–Crippen MR) is 115 cm³/mol. The quantitative estimate of drug-likeness (QED) is 0.576. The molecule has 30 heavy (non-hydrogen) atoms. The molecule has 3 aromatic rings. The number of rotatable bonds is 8. The second-order valence-electron chi connectivity index (χ2n) is 7.49. The highest BCUT2D eigenvalue weighted by Gasteiger charge is 2.28. The van der Waals surface area contributed by atoms with Crippen molar-refractivity contribution in [1.29, 1.82) is 0 Å². The molecule has 0 spiro atoms. The van der Waals surface area contributed by atoms with Gasteiger partial charge in [-0.25, -0.2) is 9.97 Å². The van der Waals surface area contributed by atoms with Gasteiger partial charge in [-0.1, -0.05) is 30.3 Å². The fourth-order valence-corrected chi connectivity index (χ4v) is 3.37. The van der Waals surface area contributed by atoms with Crippen molar-refractivity contribution in [3.8, 4) is 22.9 Å². The van der Waals surface area contributed by atoms with Gasteiger partial charge in [-0.15, -0.1) is 0 Å². The highest BCUT2D eigenvalue weighted by molar-refractivity contribution is 5.62. The van der Waals surface area contributed by atoms with Crippen molar-refractivity contribution in [3.63, 3.8) is 0 Å². The highest BCUT2D eigenvalue weighted by atomic mass is 16.6. The Morgan fingerprint density at radius 3 is 2.70 bits per heavy atom. The molecule has 1 unspecified atom stereocenters. The van der Waals surface area contributed by atoms with Crippen LogP contribution in [0.25, 0.3) is 11.4 Å². The van der Waals surface area contributed by atoms with E-state index < -0.39 is 6.41 Å². The largest absolute Gasteiger partial charge is 0.490 e. The SMILES string of the molecule is CN(C)CCCOc1cnc(-c2cccc(CN3c4ccccc4OC3O)c2)nc1. The van der Waals surface area contributed by atoms with Crippen LogP contribution in [0.15, 0.2) is 60.9 Å². The predicted octanol–water partition coefficient (Wildman–Crippen LogP) is 3.15. The first-order valence-electron chi connectivity index (χ1n) is 9.99. The standard InChI is InChI=1S/C23H26N4O3/c1-26(2)11-6-12-29-19-14-24-22(25-15-19)18-8-5-7-17(13-18)16-27-20-9-3-4-10-21(20)30-23(27)28/h3-5,7-10,13-15,23,28H,6,11-12,16H2,1-2H3. The molecular formula is C23H26N4O3. The van der Waals surface area contributed by atoms with Crippen LogP contribution in [0.5, 0.6) is 11.5 Å². The zero-order valence-corrected chi connectivity index (χ0v) is 17.2. The van der Waals surface area contributed by atoms with E-state index in [0.29, 0.717) is 30.5 Å². The number of anilines is 1. The Morgan fingerprint density at radius 2 is 1.90 bits per heavy atom. The Labute approximate surface area is 176 Å². The summed E-state index contributed by atoms with van der Waals surface area (Å²) >= 11 is 0. The molecule has 1 atom stereocenters. The van der Waals surface area contributed by atoms with Gasteiger partial charge in [0.15, 0.2) is 11.6 Å². The Morgan fingerprint density at radius 1 is 1.10 bits per heavy atom. The number of fused-ring (bicyclic) bond motifs is 1. The van der Waals surface area contributed by atoms with Gasteiger partial charge in [-0.3, -0.25) is 0 Å². The zero-order chi connectivity index (χ0) is 20.9. The summed E-state index contributed by atoms with van der Waals surface area (Å²) in [4.78, 5) is 12.9. The fraction of sp³-hybridized carbons (Fsp3) is 0.304. The lowest BCUT2D eigenvalue weighted by Crippen LogP contribution is -2.33. The number of aliphatic hydroxyl groups excluding tert-OH is 1. The van der Waals surface area contributed by atoms with Gasteiger partial charge in [0.25, 0.3) is 6.41 Å². The van der Waals surface area contributed by atoms with E-state index in [0.717, 1.165) is 29.8 Å². The minimum absolute atomic E-state index is 0.513. The average Bonchev–Trinajstić information content (AvgIpc) is 3.07. The van der Waals surface area contributed by atoms with Crippen LogP contribution in [0, 0.1) is 0 Å². The van der Waals surface area contributed by atoms with Crippen LogP contribution in [0.4, 0.5) is 5.69 Å². The Balaban J connectivity index is 1.42. The maximum absolute atomic E-state index is 10.3. The maximum atomic E-state index is 10.3. The van der Waals surface area contributed by atoms with Crippen molar-refractivity contribution in [2.75, 3.05) is 32.1 Å². The van der Waals surface area contributed by atoms with Crippen molar-refractivity contribution < 1.29 is 14.6 Å². The van der Waals surface area contributed by atoms with E-state index in [1.807, 2.05) is 67.5 Å². The van der Waals surface area contributed by atoms with Crippen molar-refractivity contribution in [2.24, 2.45) is 0 Å². The summed E-state index contributed by atoms with van der Waals surface area (Å²) in [6.45, 7) is 2.13. The third-order valence-corrected chi connectivity index (χ3v) is 4.86. The molecule has 0 amide bonds. The van der Waals surface area contributed by atoms with Gasteiger partial charge in [0.2, 0.25) is 0 Å². The van der Waals surface area contributed by atoms with Crippen LogP contribution in [0.1, 0.15) is 12.0 Å². The molecule has 1 aromatic heterocycles. The van der Waals surface area contributed by atoms with Crippen LogP contribution in [0.3, 0.4) is 0 Å². The van der Waals surface area contributed by atoms with Crippen molar-refractivity contribution in [2.45, 2.75) is 19.4 Å². The molecule has 1 aliphatic heterocycles. The minimum Gasteiger partial charge on any atom is -0.490 e. The normalized spacial score (nSPS) is 15.2. The molecule has 0 radical (unpaired) electrons.